The third-order valence-corrected chi connectivity index (χ3v) is 2.26. The maximum Gasteiger partial charge on any atom is 0.240 e. The molecule has 0 aliphatic rings. The van der Waals surface area contributed by atoms with Gasteiger partial charge in [0.15, 0.2) is 0 Å². The zero-order valence-corrected chi connectivity index (χ0v) is 9.37. The summed E-state index contributed by atoms with van der Waals surface area (Å²) in [5.74, 6) is -0.865. The number of hydrogen-bond donors (Lipinski definition) is 5. The van der Waals surface area contributed by atoms with Crippen LogP contribution in [-0.2, 0) is 9.59 Å². The van der Waals surface area contributed by atoms with Gasteiger partial charge >= 0.3 is 0 Å². The number of primary amides is 1. The van der Waals surface area contributed by atoms with Gasteiger partial charge < -0.3 is 22.5 Å². The van der Waals surface area contributed by atoms with Crippen molar-refractivity contribution >= 4 is 24.4 Å². The molecule has 0 spiro atoms. The summed E-state index contributed by atoms with van der Waals surface area (Å²) in [6.07, 6.45) is 1.15. The molecule has 0 aromatic rings. The molecule has 0 rings (SSSR count). The number of rotatable bonds is 7. The SMILES string of the molecule is NCCC[C@H](N)C(=O)N[C@@H](CS)C(N)=O. The van der Waals surface area contributed by atoms with Crippen molar-refractivity contribution in [3.8, 4) is 0 Å². The molecule has 0 radical (unpaired) electrons. The van der Waals surface area contributed by atoms with E-state index in [0.29, 0.717) is 19.4 Å². The molecule has 0 aromatic carbocycles. The van der Waals surface area contributed by atoms with Crippen LogP contribution < -0.4 is 22.5 Å². The van der Waals surface area contributed by atoms with E-state index in [1.54, 1.807) is 0 Å². The maximum absolute atomic E-state index is 11.4. The Kier molecular flexibility index (Phi) is 7.10. The lowest BCUT2D eigenvalue weighted by Crippen LogP contribution is -2.51. The molecular formula is C8H18N4O2S. The summed E-state index contributed by atoms with van der Waals surface area (Å²) in [6.45, 7) is 0.479. The second-order valence-corrected chi connectivity index (χ2v) is 3.55. The molecule has 0 aromatic heterocycles. The molecule has 7 N–H and O–H groups in total. The largest absolute Gasteiger partial charge is 0.368 e. The van der Waals surface area contributed by atoms with Crippen LogP contribution in [0.15, 0.2) is 0 Å². The molecule has 0 aliphatic heterocycles. The first-order valence-electron chi connectivity index (χ1n) is 4.69. The lowest BCUT2D eigenvalue weighted by Gasteiger charge is -2.16. The predicted octanol–water partition coefficient (Wildman–Crippen LogP) is -2.05. The molecule has 0 fully saturated rings. The molecule has 0 bridgehead atoms. The minimum absolute atomic E-state index is 0.157. The van der Waals surface area contributed by atoms with Gasteiger partial charge in [0.25, 0.3) is 0 Å². The molecule has 88 valence electrons. The van der Waals surface area contributed by atoms with E-state index in [4.69, 9.17) is 17.2 Å². The number of nitrogens with two attached hydrogens (primary N) is 3. The van der Waals surface area contributed by atoms with E-state index in [-0.39, 0.29) is 5.75 Å². The van der Waals surface area contributed by atoms with Gasteiger partial charge in [-0.1, -0.05) is 0 Å². The summed E-state index contributed by atoms with van der Waals surface area (Å²) in [6, 6.07) is -1.43. The Bertz CT molecular complexity index is 225. The third kappa shape index (κ3) is 5.60. The van der Waals surface area contributed by atoms with Crippen molar-refractivity contribution in [3.05, 3.63) is 0 Å². The second-order valence-electron chi connectivity index (χ2n) is 3.18. The fraction of sp³-hybridized carbons (Fsp3) is 0.750. The summed E-state index contributed by atoms with van der Waals surface area (Å²) in [7, 11) is 0. The van der Waals surface area contributed by atoms with E-state index in [9.17, 15) is 9.59 Å². The zero-order chi connectivity index (χ0) is 11.8. The van der Waals surface area contributed by atoms with Gasteiger partial charge in [-0.15, -0.1) is 0 Å². The van der Waals surface area contributed by atoms with E-state index in [2.05, 4.69) is 17.9 Å². The van der Waals surface area contributed by atoms with Crippen molar-refractivity contribution in [2.75, 3.05) is 12.3 Å². The topological polar surface area (TPSA) is 124 Å². The number of carbonyl (C=O) groups excluding carboxylic acids is 2. The Morgan fingerprint density at radius 1 is 1.40 bits per heavy atom. The average Bonchev–Trinajstić information content (AvgIpc) is 2.21. The highest BCUT2D eigenvalue weighted by molar-refractivity contribution is 7.80. The fourth-order valence-corrected chi connectivity index (χ4v) is 1.23. The lowest BCUT2D eigenvalue weighted by atomic mass is 10.1. The van der Waals surface area contributed by atoms with Crippen LogP contribution >= 0.6 is 12.6 Å². The van der Waals surface area contributed by atoms with E-state index >= 15 is 0 Å². The average molecular weight is 234 g/mol. The first kappa shape index (κ1) is 14.2. The third-order valence-electron chi connectivity index (χ3n) is 1.90. The van der Waals surface area contributed by atoms with Gasteiger partial charge in [0.1, 0.15) is 6.04 Å². The summed E-state index contributed by atoms with van der Waals surface area (Å²) in [4.78, 5) is 22.2. The van der Waals surface area contributed by atoms with Gasteiger partial charge in [-0.25, -0.2) is 0 Å². The molecule has 7 heteroatoms. The Balaban J connectivity index is 4.04. The predicted molar refractivity (Wildman–Crippen MR) is 61.2 cm³/mol. The zero-order valence-electron chi connectivity index (χ0n) is 8.48. The van der Waals surface area contributed by atoms with Crippen molar-refractivity contribution in [1.82, 2.24) is 5.32 Å². The minimum atomic E-state index is -0.773. The number of hydrogen-bond acceptors (Lipinski definition) is 5. The molecule has 2 amide bonds. The van der Waals surface area contributed by atoms with Gasteiger partial charge in [0.2, 0.25) is 11.8 Å². The van der Waals surface area contributed by atoms with Crippen molar-refractivity contribution in [1.29, 1.82) is 0 Å². The molecule has 15 heavy (non-hydrogen) atoms. The van der Waals surface area contributed by atoms with E-state index < -0.39 is 23.9 Å². The minimum Gasteiger partial charge on any atom is -0.368 e. The van der Waals surface area contributed by atoms with Crippen LogP contribution in [0.2, 0.25) is 0 Å². The standard InChI is InChI=1S/C8H18N4O2S/c9-3-1-2-5(10)8(14)12-6(4-15)7(11)13/h5-6,15H,1-4,9-10H2,(H2,11,13)(H,12,14)/t5-,6-/m0/s1. The van der Waals surface area contributed by atoms with Crippen LogP contribution in [0.25, 0.3) is 0 Å². The number of nitrogens with one attached hydrogen (secondary N) is 1. The van der Waals surface area contributed by atoms with E-state index in [0.717, 1.165) is 0 Å². The smallest absolute Gasteiger partial charge is 0.240 e. The van der Waals surface area contributed by atoms with Crippen LogP contribution in [0.4, 0.5) is 0 Å². The first-order valence-corrected chi connectivity index (χ1v) is 5.32. The molecule has 2 atom stereocenters. The number of amides is 2. The van der Waals surface area contributed by atoms with Crippen LogP contribution in [0.5, 0.6) is 0 Å². The lowest BCUT2D eigenvalue weighted by molar-refractivity contribution is -0.127. The van der Waals surface area contributed by atoms with Crippen molar-refractivity contribution in [2.45, 2.75) is 24.9 Å². The summed E-state index contributed by atoms with van der Waals surface area (Å²) >= 11 is 3.89. The first-order chi connectivity index (χ1) is 7.02. The van der Waals surface area contributed by atoms with Gasteiger partial charge in [-0.3, -0.25) is 9.59 Å². The van der Waals surface area contributed by atoms with Crippen molar-refractivity contribution in [3.63, 3.8) is 0 Å². The highest BCUT2D eigenvalue weighted by Gasteiger charge is 2.20. The molecule has 6 nitrogen and oxygen atoms in total. The second kappa shape index (κ2) is 7.49. The highest BCUT2D eigenvalue weighted by atomic mass is 32.1. The van der Waals surface area contributed by atoms with E-state index in [1.165, 1.54) is 0 Å². The van der Waals surface area contributed by atoms with E-state index in [1.807, 2.05) is 0 Å². The Labute approximate surface area is 94.3 Å². The van der Waals surface area contributed by atoms with Gasteiger partial charge in [-0.05, 0) is 19.4 Å². The molecule has 0 heterocycles. The van der Waals surface area contributed by atoms with Crippen molar-refractivity contribution < 1.29 is 9.59 Å². The van der Waals surface area contributed by atoms with Gasteiger partial charge in [0.05, 0.1) is 6.04 Å². The Morgan fingerprint density at radius 3 is 2.40 bits per heavy atom. The van der Waals surface area contributed by atoms with Crippen LogP contribution in [-0.4, -0.2) is 36.2 Å². The summed E-state index contributed by atoms with van der Waals surface area (Å²) < 4.78 is 0. The van der Waals surface area contributed by atoms with Gasteiger partial charge in [0, 0.05) is 5.75 Å². The monoisotopic (exact) mass is 234 g/mol. The molecule has 0 saturated carbocycles. The number of thiol groups is 1. The number of carbonyl (C=O) groups is 2. The Hall–Kier alpha value is -0.790. The quantitative estimate of drug-likeness (QED) is 0.325. The normalized spacial score (nSPS) is 14.3. The fourth-order valence-electron chi connectivity index (χ4n) is 0.954. The molecule has 0 saturated heterocycles. The van der Waals surface area contributed by atoms with Gasteiger partial charge in [-0.2, -0.15) is 12.6 Å². The summed E-state index contributed by atoms with van der Waals surface area (Å²) in [5.41, 5.74) is 15.9. The Morgan fingerprint density at radius 2 is 2.00 bits per heavy atom. The van der Waals surface area contributed by atoms with Crippen LogP contribution in [0.3, 0.4) is 0 Å². The van der Waals surface area contributed by atoms with Crippen LogP contribution in [0, 0.1) is 0 Å². The molecular weight excluding hydrogens is 216 g/mol. The highest BCUT2D eigenvalue weighted by Crippen LogP contribution is 1.95. The maximum atomic E-state index is 11.4. The van der Waals surface area contributed by atoms with Crippen LogP contribution in [0.1, 0.15) is 12.8 Å². The van der Waals surface area contributed by atoms with Crippen molar-refractivity contribution in [2.24, 2.45) is 17.2 Å². The summed E-state index contributed by atoms with van der Waals surface area (Å²) in [5, 5.41) is 2.42. The molecule has 0 aliphatic carbocycles. The molecule has 0 unspecified atom stereocenters.